The fraction of sp³-hybridized carbons (Fsp3) is 0.350. The second-order valence-corrected chi connectivity index (χ2v) is 6.59. The largest absolute Gasteiger partial charge is 0.395 e. The van der Waals surface area contributed by atoms with Crippen molar-refractivity contribution in [2.24, 2.45) is 0 Å². The standard InChI is InChI=1S/C20H23N3O4/c24-13-12-22(15-16-6-2-1-3-7-16)20(25)18-14-17(23(26)27)8-9-19(18)21-10-4-5-11-21/h1-3,6-9,14,24H,4-5,10-13,15H2. The van der Waals surface area contributed by atoms with Gasteiger partial charge in [-0.1, -0.05) is 30.3 Å². The van der Waals surface area contributed by atoms with E-state index in [0.29, 0.717) is 12.1 Å². The average Bonchev–Trinajstić information content (AvgIpc) is 3.22. The summed E-state index contributed by atoms with van der Waals surface area (Å²) in [4.78, 5) is 27.6. The normalized spacial score (nSPS) is 13.6. The highest BCUT2D eigenvalue weighted by Crippen LogP contribution is 2.29. The summed E-state index contributed by atoms with van der Waals surface area (Å²) < 4.78 is 0. The molecule has 1 amide bonds. The number of aliphatic hydroxyl groups is 1. The number of hydrogen-bond donors (Lipinski definition) is 1. The van der Waals surface area contributed by atoms with Crippen molar-refractivity contribution in [2.75, 3.05) is 31.1 Å². The molecule has 0 unspecified atom stereocenters. The zero-order chi connectivity index (χ0) is 19.2. The van der Waals surface area contributed by atoms with E-state index in [2.05, 4.69) is 4.90 Å². The average molecular weight is 369 g/mol. The highest BCUT2D eigenvalue weighted by Gasteiger charge is 2.25. The third kappa shape index (κ3) is 4.43. The van der Waals surface area contributed by atoms with Crippen molar-refractivity contribution >= 4 is 17.3 Å². The second kappa shape index (κ2) is 8.64. The van der Waals surface area contributed by atoms with Crippen molar-refractivity contribution in [3.63, 3.8) is 0 Å². The molecule has 0 radical (unpaired) electrons. The Hall–Kier alpha value is -2.93. The first kappa shape index (κ1) is 18.8. The molecule has 1 heterocycles. The van der Waals surface area contributed by atoms with Crippen molar-refractivity contribution in [1.29, 1.82) is 0 Å². The molecular weight excluding hydrogens is 346 g/mol. The van der Waals surface area contributed by atoms with E-state index in [9.17, 15) is 20.0 Å². The van der Waals surface area contributed by atoms with Crippen molar-refractivity contribution in [2.45, 2.75) is 19.4 Å². The van der Waals surface area contributed by atoms with E-state index in [1.807, 2.05) is 30.3 Å². The number of hydrogen-bond acceptors (Lipinski definition) is 5. The van der Waals surface area contributed by atoms with Crippen LogP contribution in [0.25, 0.3) is 0 Å². The minimum atomic E-state index is -0.488. The monoisotopic (exact) mass is 369 g/mol. The molecule has 2 aromatic carbocycles. The molecule has 0 aromatic heterocycles. The van der Waals surface area contributed by atoms with Gasteiger partial charge in [0, 0.05) is 38.3 Å². The number of rotatable bonds is 7. The van der Waals surface area contributed by atoms with Crippen LogP contribution in [0.15, 0.2) is 48.5 Å². The molecule has 7 nitrogen and oxygen atoms in total. The summed E-state index contributed by atoms with van der Waals surface area (Å²) in [7, 11) is 0. The van der Waals surface area contributed by atoms with Gasteiger partial charge in [0.25, 0.3) is 11.6 Å². The molecule has 2 aromatic rings. The van der Waals surface area contributed by atoms with Crippen LogP contribution in [0, 0.1) is 10.1 Å². The third-order valence-corrected chi connectivity index (χ3v) is 4.74. The molecule has 1 aliphatic heterocycles. The van der Waals surface area contributed by atoms with Crippen LogP contribution in [0.5, 0.6) is 0 Å². The van der Waals surface area contributed by atoms with E-state index < -0.39 is 4.92 Å². The lowest BCUT2D eigenvalue weighted by molar-refractivity contribution is -0.384. The molecule has 1 fully saturated rings. The Morgan fingerprint density at radius 3 is 2.48 bits per heavy atom. The van der Waals surface area contributed by atoms with E-state index >= 15 is 0 Å². The van der Waals surface area contributed by atoms with Crippen LogP contribution < -0.4 is 4.90 Å². The first-order valence-electron chi connectivity index (χ1n) is 9.07. The lowest BCUT2D eigenvalue weighted by Gasteiger charge is -2.26. The number of amides is 1. The maximum absolute atomic E-state index is 13.3. The van der Waals surface area contributed by atoms with Gasteiger partial charge in [0.1, 0.15) is 0 Å². The number of anilines is 1. The SMILES string of the molecule is O=C(c1cc([N+](=O)[O-])ccc1N1CCCC1)N(CCO)Cc1ccccc1. The minimum Gasteiger partial charge on any atom is -0.395 e. The van der Waals surface area contributed by atoms with Crippen LogP contribution in [-0.2, 0) is 6.54 Å². The third-order valence-electron chi connectivity index (χ3n) is 4.74. The van der Waals surface area contributed by atoms with Gasteiger partial charge in [0.15, 0.2) is 0 Å². The Morgan fingerprint density at radius 2 is 1.85 bits per heavy atom. The van der Waals surface area contributed by atoms with Crippen LogP contribution in [0.2, 0.25) is 0 Å². The van der Waals surface area contributed by atoms with E-state index in [0.717, 1.165) is 37.2 Å². The van der Waals surface area contributed by atoms with Crippen molar-refractivity contribution in [3.8, 4) is 0 Å². The van der Waals surface area contributed by atoms with E-state index in [-0.39, 0.29) is 24.7 Å². The Kier molecular flexibility index (Phi) is 6.03. The molecule has 0 saturated carbocycles. The lowest BCUT2D eigenvalue weighted by Crippen LogP contribution is -2.34. The molecule has 0 aliphatic carbocycles. The maximum Gasteiger partial charge on any atom is 0.270 e. The molecule has 0 bridgehead atoms. The molecule has 0 spiro atoms. The van der Waals surface area contributed by atoms with Crippen LogP contribution in [0.4, 0.5) is 11.4 Å². The zero-order valence-electron chi connectivity index (χ0n) is 15.1. The van der Waals surface area contributed by atoms with Crippen LogP contribution >= 0.6 is 0 Å². The smallest absolute Gasteiger partial charge is 0.270 e. The fourth-order valence-corrected chi connectivity index (χ4v) is 3.39. The number of nitro groups is 1. The number of aliphatic hydroxyl groups excluding tert-OH is 1. The molecule has 3 rings (SSSR count). The van der Waals surface area contributed by atoms with Gasteiger partial charge in [0.2, 0.25) is 0 Å². The number of benzene rings is 2. The molecular formula is C20H23N3O4. The molecule has 7 heteroatoms. The highest BCUT2D eigenvalue weighted by molar-refractivity contribution is 6.00. The Balaban J connectivity index is 1.95. The summed E-state index contributed by atoms with van der Waals surface area (Å²) >= 11 is 0. The Labute approximate surface area is 158 Å². The quantitative estimate of drug-likeness (QED) is 0.599. The summed E-state index contributed by atoms with van der Waals surface area (Å²) in [5.41, 5.74) is 1.87. The number of carbonyl (C=O) groups excluding carboxylic acids is 1. The predicted octanol–water partition coefficient (Wildman–Crippen LogP) is 2.83. The van der Waals surface area contributed by atoms with Gasteiger partial charge >= 0.3 is 0 Å². The van der Waals surface area contributed by atoms with Gasteiger partial charge < -0.3 is 14.9 Å². The van der Waals surface area contributed by atoms with E-state index in [4.69, 9.17) is 0 Å². The summed E-state index contributed by atoms with van der Waals surface area (Å²) in [6, 6.07) is 14.0. The minimum absolute atomic E-state index is 0.107. The predicted molar refractivity (Wildman–Crippen MR) is 103 cm³/mol. The van der Waals surface area contributed by atoms with Crippen LogP contribution in [0.1, 0.15) is 28.8 Å². The molecule has 1 N–H and O–H groups in total. The van der Waals surface area contributed by atoms with E-state index in [1.165, 1.54) is 17.0 Å². The van der Waals surface area contributed by atoms with Crippen molar-refractivity contribution < 1.29 is 14.8 Å². The summed E-state index contributed by atoms with van der Waals surface area (Å²) in [6.45, 7) is 1.98. The summed E-state index contributed by atoms with van der Waals surface area (Å²) in [5.74, 6) is -0.307. The van der Waals surface area contributed by atoms with Gasteiger partial charge in [-0.2, -0.15) is 0 Å². The maximum atomic E-state index is 13.3. The molecule has 1 saturated heterocycles. The molecule has 27 heavy (non-hydrogen) atoms. The topological polar surface area (TPSA) is 86.9 Å². The van der Waals surface area contributed by atoms with Crippen molar-refractivity contribution in [1.82, 2.24) is 4.90 Å². The highest BCUT2D eigenvalue weighted by atomic mass is 16.6. The Morgan fingerprint density at radius 1 is 1.15 bits per heavy atom. The number of carbonyl (C=O) groups is 1. The Bertz CT molecular complexity index is 804. The number of non-ortho nitro benzene ring substituents is 1. The molecule has 142 valence electrons. The molecule has 1 aliphatic rings. The fourth-order valence-electron chi connectivity index (χ4n) is 3.39. The van der Waals surface area contributed by atoms with Crippen LogP contribution in [0.3, 0.4) is 0 Å². The first-order chi connectivity index (χ1) is 13.1. The first-order valence-corrected chi connectivity index (χ1v) is 9.07. The van der Waals surface area contributed by atoms with E-state index in [1.54, 1.807) is 6.07 Å². The van der Waals surface area contributed by atoms with Gasteiger partial charge in [-0.05, 0) is 24.5 Å². The van der Waals surface area contributed by atoms with Gasteiger partial charge in [-0.3, -0.25) is 14.9 Å². The number of nitro benzene ring substituents is 1. The lowest BCUT2D eigenvalue weighted by atomic mass is 10.1. The van der Waals surface area contributed by atoms with Gasteiger partial charge in [-0.15, -0.1) is 0 Å². The number of nitrogens with zero attached hydrogens (tertiary/aromatic N) is 3. The molecule has 0 atom stereocenters. The van der Waals surface area contributed by atoms with Gasteiger partial charge in [-0.25, -0.2) is 0 Å². The van der Waals surface area contributed by atoms with Gasteiger partial charge in [0.05, 0.1) is 22.8 Å². The summed E-state index contributed by atoms with van der Waals surface area (Å²) in [6.07, 6.45) is 2.07. The zero-order valence-corrected chi connectivity index (χ0v) is 15.1. The van der Waals surface area contributed by atoms with Crippen molar-refractivity contribution in [3.05, 3.63) is 69.8 Å². The summed E-state index contributed by atoms with van der Waals surface area (Å²) in [5, 5.41) is 20.6. The van der Waals surface area contributed by atoms with Crippen LogP contribution in [-0.4, -0.2) is 47.1 Å². The second-order valence-electron chi connectivity index (χ2n) is 6.59.